The average molecular weight is 485 g/mol. The number of carbonyl (C=O) groups is 3. The Morgan fingerprint density at radius 3 is 2.74 bits per heavy atom. The number of allylic oxidation sites excluding steroid dienone is 3. The molecule has 0 saturated carbocycles. The van der Waals surface area contributed by atoms with Gasteiger partial charge in [0.15, 0.2) is 0 Å². The number of carbonyl (C=O) groups excluding carboxylic acids is 3. The lowest BCUT2D eigenvalue weighted by molar-refractivity contribution is -0.132. The monoisotopic (exact) mass is 484 g/mol. The van der Waals surface area contributed by atoms with Gasteiger partial charge in [-0.05, 0) is 56.2 Å². The molecule has 2 atom stereocenters. The van der Waals surface area contributed by atoms with Gasteiger partial charge in [-0.2, -0.15) is 0 Å². The molecule has 3 aliphatic rings. The number of fused-ring (bicyclic) bond motifs is 1. The fourth-order valence-corrected chi connectivity index (χ4v) is 5.31. The highest BCUT2D eigenvalue weighted by molar-refractivity contribution is 6.31. The number of hydrogen-bond donors (Lipinski definition) is 1. The first-order valence-corrected chi connectivity index (χ1v) is 12.5. The summed E-state index contributed by atoms with van der Waals surface area (Å²) in [6.07, 6.45) is 12.2. The zero-order valence-corrected chi connectivity index (χ0v) is 20.7. The lowest BCUT2D eigenvalue weighted by atomic mass is 9.89. The number of halogens is 1. The number of rotatable bonds is 4. The number of likely N-dealkylation sites (tertiary alicyclic amines) is 1. The van der Waals surface area contributed by atoms with E-state index < -0.39 is 6.04 Å². The van der Waals surface area contributed by atoms with Crippen LogP contribution >= 0.6 is 11.6 Å². The predicted octanol–water partition coefficient (Wildman–Crippen LogP) is 4.19. The Morgan fingerprint density at radius 1 is 1.15 bits per heavy atom. The SMILES string of the molecule is CN(C)C(=O)[C@@H]1CCCN1C(=O)NCc1ccc(C(=O)N2CC=CCC3CCCC=C32)cc1Cl. The van der Waals surface area contributed by atoms with E-state index >= 15 is 0 Å². The first kappa shape index (κ1) is 24.3. The van der Waals surface area contributed by atoms with Crippen molar-refractivity contribution in [3.05, 3.63) is 58.3 Å². The van der Waals surface area contributed by atoms with Gasteiger partial charge in [0, 0.05) is 55.9 Å². The predicted molar refractivity (Wildman–Crippen MR) is 132 cm³/mol. The molecule has 4 amide bonds. The molecule has 1 aromatic carbocycles. The molecule has 182 valence electrons. The van der Waals surface area contributed by atoms with Crippen LogP contribution in [0.1, 0.15) is 54.4 Å². The van der Waals surface area contributed by atoms with Gasteiger partial charge >= 0.3 is 6.03 Å². The maximum atomic E-state index is 13.3. The standard InChI is InChI=1S/C26H33ClN4O3/c1-29(2)25(33)23-11-7-15-31(23)26(34)28-17-20-13-12-19(16-21(20)27)24(32)30-14-6-5-9-18-8-3-4-10-22(18)30/h5-6,10,12-13,16,18,23H,3-4,7-9,11,14-15,17H2,1-2H3,(H,28,34)/t18?,23-/m0/s1. The molecular formula is C26H33ClN4O3. The van der Waals surface area contributed by atoms with E-state index in [-0.39, 0.29) is 24.4 Å². The Labute approximate surface area is 206 Å². The molecule has 34 heavy (non-hydrogen) atoms. The Morgan fingerprint density at radius 2 is 1.97 bits per heavy atom. The molecule has 1 saturated heterocycles. The molecule has 4 rings (SSSR count). The summed E-state index contributed by atoms with van der Waals surface area (Å²) in [5.41, 5.74) is 2.39. The molecule has 1 aromatic rings. The summed E-state index contributed by atoms with van der Waals surface area (Å²) in [5, 5.41) is 3.32. The third kappa shape index (κ3) is 5.14. The van der Waals surface area contributed by atoms with Crippen LogP contribution in [0.25, 0.3) is 0 Å². The fourth-order valence-electron chi connectivity index (χ4n) is 5.06. The highest BCUT2D eigenvalue weighted by Crippen LogP contribution is 2.33. The summed E-state index contributed by atoms with van der Waals surface area (Å²) in [6.45, 7) is 1.35. The number of urea groups is 1. The van der Waals surface area contributed by atoms with E-state index in [2.05, 4.69) is 23.5 Å². The van der Waals surface area contributed by atoms with Gasteiger partial charge in [0.2, 0.25) is 5.91 Å². The van der Waals surface area contributed by atoms with Crippen molar-refractivity contribution in [3.8, 4) is 0 Å². The van der Waals surface area contributed by atoms with Crippen LogP contribution in [-0.4, -0.2) is 65.8 Å². The van der Waals surface area contributed by atoms with Crippen molar-refractivity contribution in [1.29, 1.82) is 0 Å². The number of nitrogens with zero attached hydrogens (tertiary/aromatic N) is 3. The van der Waals surface area contributed by atoms with E-state index in [0.29, 0.717) is 36.0 Å². The largest absolute Gasteiger partial charge is 0.347 e. The molecule has 7 nitrogen and oxygen atoms in total. The summed E-state index contributed by atoms with van der Waals surface area (Å²) in [6, 6.07) is 4.55. The third-order valence-electron chi connectivity index (χ3n) is 6.93. The van der Waals surface area contributed by atoms with Crippen molar-refractivity contribution < 1.29 is 14.4 Å². The molecule has 1 unspecified atom stereocenters. The van der Waals surface area contributed by atoms with E-state index in [1.807, 2.05) is 4.90 Å². The van der Waals surface area contributed by atoms with Crippen LogP contribution in [0.4, 0.5) is 4.79 Å². The number of nitrogens with one attached hydrogen (secondary N) is 1. The number of amides is 4. The van der Waals surface area contributed by atoms with Crippen LogP contribution < -0.4 is 5.32 Å². The number of benzene rings is 1. The van der Waals surface area contributed by atoms with Gasteiger partial charge in [-0.15, -0.1) is 0 Å². The molecule has 1 fully saturated rings. The lowest BCUT2D eigenvalue weighted by Gasteiger charge is -2.31. The van der Waals surface area contributed by atoms with E-state index in [0.717, 1.165) is 43.4 Å². The number of likely N-dealkylation sites (N-methyl/N-ethyl adjacent to an activating group) is 1. The van der Waals surface area contributed by atoms with Crippen molar-refractivity contribution in [2.75, 3.05) is 27.2 Å². The minimum Gasteiger partial charge on any atom is -0.347 e. The summed E-state index contributed by atoms with van der Waals surface area (Å²) >= 11 is 6.52. The molecule has 0 spiro atoms. The molecule has 0 radical (unpaired) electrons. The molecule has 1 N–H and O–H groups in total. The molecular weight excluding hydrogens is 452 g/mol. The van der Waals surface area contributed by atoms with Crippen LogP contribution in [0, 0.1) is 5.92 Å². The number of hydrogen-bond acceptors (Lipinski definition) is 3. The second kappa shape index (κ2) is 10.6. The molecule has 1 aliphatic carbocycles. The Balaban J connectivity index is 1.42. The van der Waals surface area contributed by atoms with Crippen molar-refractivity contribution in [1.82, 2.24) is 20.0 Å². The minimum atomic E-state index is -0.425. The lowest BCUT2D eigenvalue weighted by Crippen LogP contribution is -2.49. The zero-order valence-electron chi connectivity index (χ0n) is 19.9. The van der Waals surface area contributed by atoms with Crippen LogP contribution in [0.2, 0.25) is 5.02 Å². The van der Waals surface area contributed by atoms with Gasteiger partial charge in [0.05, 0.1) is 0 Å². The molecule has 0 aromatic heterocycles. The Bertz CT molecular complexity index is 1020. The smallest absolute Gasteiger partial charge is 0.318 e. The van der Waals surface area contributed by atoms with E-state index in [4.69, 9.17) is 11.6 Å². The van der Waals surface area contributed by atoms with E-state index in [1.165, 1.54) is 4.90 Å². The maximum absolute atomic E-state index is 13.3. The quantitative estimate of drug-likeness (QED) is 0.651. The van der Waals surface area contributed by atoms with Gasteiger partial charge in [-0.1, -0.05) is 35.9 Å². The Kier molecular flexibility index (Phi) is 7.61. The maximum Gasteiger partial charge on any atom is 0.318 e. The normalized spacial score (nSPS) is 22.0. The zero-order chi connectivity index (χ0) is 24.2. The average Bonchev–Trinajstić information content (AvgIpc) is 3.22. The van der Waals surface area contributed by atoms with Gasteiger partial charge in [-0.25, -0.2) is 4.79 Å². The summed E-state index contributed by atoms with van der Waals surface area (Å²) in [5.74, 6) is 0.284. The van der Waals surface area contributed by atoms with E-state index in [1.54, 1.807) is 37.2 Å². The van der Waals surface area contributed by atoms with Crippen molar-refractivity contribution in [3.63, 3.8) is 0 Å². The fraction of sp³-hybridized carbons (Fsp3) is 0.500. The molecule has 8 heteroatoms. The topological polar surface area (TPSA) is 73.0 Å². The molecule has 2 aliphatic heterocycles. The molecule has 2 heterocycles. The first-order chi connectivity index (χ1) is 16.4. The minimum absolute atomic E-state index is 0.0516. The van der Waals surface area contributed by atoms with Gasteiger partial charge in [-0.3, -0.25) is 9.59 Å². The highest BCUT2D eigenvalue weighted by Gasteiger charge is 2.35. The van der Waals surface area contributed by atoms with Crippen LogP contribution in [0.15, 0.2) is 42.1 Å². The third-order valence-corrected chi connectivity index (χ3v) is 7.28. The van der Waals surface area contributed by atoms with Gasteiger partial charge in [0.1, 0.15) is 6.04 Å². The van der Waals surface area contributed by atoms with Gasteiger partial charge in [0.25, 0.3) is 5.91 Å². The second-order valence-corrected chi connectivity index (χ2v) is 9.84. The van der Waals surface area contributed by atoms with Gasteiger partial charge < -0.3 is 20.0 Å². The Hall–Kier alpha value is -2.80. The van der Waals surface area contributed by atoms with Crippen LogP contribution in [0.3, 0.4) is 0 Å². The van der Waals surface area contributed by atoms with Crippen molar-refractivity contribution in [2.45, 2.75) is 51.1 Å². The summed E-state index contributed by atoms with van der Waals surface area (Å²) in [7, 11) is 3.40. The van der Waals surface area contributed by atoms with Crippen molar-refractivity contribution in [2.24, 2.45) is 5.92 Å². The summed E-state index contributed by atoms with van der Waals surface area (Å²) < 4.78 is 0. The van der Waals surface area contributed by atoms with Crippen molar-refractivity contribution >= 4 is 29.4 Å². The first-order valence-electron chi connectivity index (χ1n) is 12.1. The van der Waals surface area contributed by atoms with E-state index in [9.17, 15) is 14.4 Å². The summed E-state index contributed by atoms with van der Waals surface area (Å²) in [4.78, 5) is 43.4. The van der Waals surface area contributed by atoms with Crippen LogP contribution in [-0.2, 0) is 11.3 Å². The van der Waals surface area contributed by atoms with Crippen LogP contribution in [0.5, 0.6) is 0 Å². The second-order valence-electron chi connectivity index (χ2n) is 9.43. The molecule has 0 bridgehead atoms. The highest BCUT2D eigenvalue weighted by atomic mass is 35.5.